The van der Waals surface area contributed by atoms with Crippen LogP contribution < -0.4 is 15.0 Å². The highest BCUT2D eigenvalue weighted by molar-refractivity contribution is 6.90. The number of aromatic hydroxyl groups is 1. The van der Waals surface area contributed by atoms with Crippen molar-refractivity contribution in [3.8, 4) is 34.4 Å². The molecule has 12 heteroatoms. The van der Waals surface area contributed by atoms with Gasteiger partial charge in [-0.2, -0.15) is 9.97 Å². The quantitative estimate of drug-likeness (QED) is 0.129. The number of rotatable bonds is 9. The predicted molar refractivity (Wildman–Crippen MR) is 221 cm³/mol. The van der Waals surface area contributed by atoms with Crippen LogP contribution >= 0.6 is 0 Å². The third-order valence-electron chi connectivity index (χ3n) is 12.9. The second kappa shape index (κ2) is 15.5. The Morgan fingerprint density at radius 2 is 1.64 bits per heavy atom. The topological polar surface area (TPSA) is 83.0 Å². The molecule has 3 aliphatic rings. The van der Waals surface area contributed by atoms with Crippen LogP contribution in [0.1, 0.15) is 73.3 Å². The number of hydrogen-bond donors (Lipinski definition) is 2. The number of anilines is 1. The number of ether oxygens (including phenoxy) is 2. The largest absolute Gasteiger partial charge is 0.508 e. The molecule has 0 saturated carbocycles. The second-order valence-corrected chi connectivity index (χ2v) is 23.3. The summed E-state index contributed by atoms with van der Waals surface area (Å²) >= 11 is 0. The zero-order valence-electron chi connectivity index (χ0n) is 34.2. The number of phenols is 1. The number of piperazine rings is 1. The van der Waals surface area contributed by atoms with Gasteiger partial charge < -0.3 is 29.7 Å². The minimum absolute atomic E-state index is 0.00450. The van der Waals surface area contributed by atoms with Crippen LogP contribution in [0.15, 0.2) is 30.3 Å². The molecular formula is C44H56F3N5O3Si. The van der Waals surface area contributed by atoms with Gasteiger partial charge in [-0.3, -0.25) is 0 Å². The molecule has 2 bridgehead atoms. The molecule has 3 saturated heterocycles. The average Bonchev–Trinajstić information content (AvgIpc) is 3.47. The van der Waals surface area contributed by atoms with Crippen molar-refractivity contribution >= 4 is 35.6 Å². The molecule has 8 nitrogen and oxygen atoms in total. The number of hydrogen-bond acceptors (Lipinski definition) is 8. The molecule has 2 unspecified atom stereocenters. The number of nitrogens with one attached hydrogen (secondary N) is 1. The van der Waals surface area contributed by atoms with E-state index in [0.717, 1.165) is 32.4 Å². The van der Waals surface area contributed by atoms with Gasteiger partial charge in [-0.1, -0.05) is 60.5 Å². The van der Waals surface area contributed by atoms with E-state index in [0.29, 0.717) is 24.3 Å². The van der Waals surface area contributed by atoms with E-state index in [4.69, 9.17) is 14.5 Å². The molecule has 1 aromatic heterocycles. The highest BCUT2D eigenvalue weighted by atomic mass is 28.3. The van der Waals surface area contributed by atoms with Crippen molar-refractivity contribution in [1.82, 2.24) is 20.2 Å². The van der Waals surface area contributed by atoms with Crippen LogP contribution in [0, 0.1) is 34.3 Å². The van der Waals surface area contributed by atoms with Gasteiger partial charge in [0.25, 0.3) is 0 Å². The molecular weight excluding hydrogens is 732 g/mol. The van der Waals surface area contributed by atoms with Gasteiger partial charge in [0.2, 0.25) is 0 Å². The SMILES string of the molecule is COC1CCN(C)CC1(C)COc1nc(N2C[C@H]3CC[C@@H](C2)N3)c2cc(F)c(-c3cc(O)cc4ccc(F)c(C#C[Si](C(C)C)(C(C)C)C(C)C)c34)c(F)c2n1. The minimum Gasteiger partial charge on any atom is -0.508 e. The Hall–Kier alpha value is -3.89. The normalized spacial score (nSPS) is 23.1. The summed E-state index contributed by atoms with van der Waals surface area (Å²) in [6, 6.07) is 7.28. The van der Waals surface area contributed by atoms with Gasteiger partial charge in [-0.15, -0.1) is 5.54 Å². The van der Waals surface area contributed by atoms with Gasteiger partial charge >= 0.3 is 6.01 Å². The van der Waals surface area contributed by atoms with Crippen LogP contribution in [-0.2, 0) is 4.74 Å². The lowest BCUT2D eigenvalue weighted by Gasteiger charge is -2.43. The summed E-state index contributed by atoms with van der Waals surface area (Å²) in [4.78, 5) is 13.8. The van der Waals surface area contributed by atoms with Crippen molar-refractivity contribution in [2.75, 3.05) is 51.8 Å². The van der Waals surface area contributed by atoms with Gasteiger partial charge in [0, 0.05) is 67.1 Å². The molecule has 300 valence electrons. The number of piperidine rings is 1. The van der Waals surface area contributed by atoms with E-state index < -0.39 is 36.5 Å². The summed E-state index contributed by atoms with van der Waals surface area (Å²) < 4.78 is 62.7. The molecule has 3 aromatic carbocycles. The van der Waals surface area contributed by atoms with E-state index >= 15 is 13.2 Å². The first kappa shape index (κ1) is 40.3. The number of halogens is 3. The van der Waals surface area contributed by atoms with Gasteiger partial charge in [-0.25, -0.2) is 13.2 Å². The Morgan fingerprint density at radius 3 is 2.29 bits per heavy atom. The van der Waals surface area contributed by atoms with Crippen LogP contribution in [0.5, 0.6) is 11.8 Å². The molecule has 4 aromatic rings. The summed E-state index contributed by atoms with van der Waals surface area (Å²) in [5.41, 5.74) is 3.54. The van der Waals surface area contributed by atoms with Crippen LogP contribution in [0.2, 0.25) is 16.6 Å². The van der Waals surface area contributed by atoms with E-state index in [2.05, 4.69) is 87.1 Å². The number of aromatic nitrogens is 2. The summed E-state index contributed by atoms with van der Waals surface area (Å²) in [6.07, 6.45) is 2.78. The first-order valence-corrected chi connectivity index (χ1v) is 22.3. The Kier molecular flexibility index (Phi) is 11.1. The van der Waals surface area contributed by atoms with Crippen LogP contribution in [-0.4, -0.2) is 93.2 Å². The van der Waals surface area contributed by atoms with E-state index in [1.54, 1.807) is 7.11 Å². The maximum Gasteiger partial charge on any atom is 0.319 e. The Bertz CT molecular complexity index is 2170. The van der Waals surface area contributed by atoms with Crippen LogP contribution in [0.25, 0.3) is 32.8 Å². The number of fused-ring (bicyclic) bond motifs is 4. The molecule has 4 heterocycles. The van der Waals surface area contributed by atoms with Crippen LogP contribution in [0.3, 0.4) is 0 Å². The number of methoxy groups -OCH3 is 1. The number of benzene rings is 3. The highest BCUT2D eigenvalue weighted by Gasteiger charge is 2.43. The maximum absolute atomic E-state index is 17.5. The summed E-state index contributed by atoms with van der Waals surface area (Å²) in [5, 5.41) is 15.4. The molecule has 3 fully saturated rings. The molecule has 0 radical (unpaired) electrons. The van der Waals surface area contributed by atoms with Crippen LogP contribution in [0.4, 0.5) is 19.0 Å². The standard InChI is InChI=1S/C44H56F3N5O3Si/c1-25(2)56(26(3)4,27(5)6)17-15-32-35(45)13-10-28-18-31(53)19-33(38(28)32)39-36(46)20-34-41(40(39)47)49-43(50-42(34)52-21-29-11-12-30(22-52)48-29)55-24-44(7)23-51(8)16-14-37(44)54-9/h10,13,18-20,25-27,29-30,37,48,53H,11-12,14,16,21-24H2,1-9H3/t29-,30+,37?,44?. The van der Waals surface area contributed by atoms with E-state index in [-0.39, 0.29) is 80.6 Å². The fourth-order valence-corrected chi connectivity index (χ4v) is 15.5. The maximum atomic E-state index is 17.5. The third-order valence-corrected chi connectivity index (χ3v) is 19.2. The molecule has 3 aliphatic heterocycles. The lowest BCUT2D eigenvalue weighted by molar-refractivity contribution is -0.0754. The molecule has 7 rings (SSSR count). The van der Waals surface area contributed by atoms with Gasteiger partial charge in [0.05, 0.1) is 17.2 Å². The smallest absolute Gasteiger partial charge is 0.319 e. The summed E-state index contributed by atoms with van der Waals surface area (Å²) in [6.45, 7) is 18.2. The first-order chi connectivity index (χ1) is 26.6. The third kappa shape index (κ3) is 7.14. The fourth-order valence-electron chi connectivity index (χ4n) is 10.3. The van der Waals surface area contributed by atoms with Crippen molar-refractivity contribution in [1.29, 1.82) is 0 Å². The van der Waals surface area contributed by atoms with Crippen molar-refractivity contribution in [3.05, 3.63) is 53.3 Å². The average molecular weight is 788 g/mol. The highest BCUT2D eigenvalue weighted by Crippen LogP contribution is 2.44. The first-order valence-electron chi connectivity index (χ1n) is 20.1. The Balaban J connectivity index is 1.43. The molecule has 56 heavy (non-hydrogen) atoms. The Morgan fingerprint density at radius 1 is 0.964 bits per heavy atom. The van der Waals surface area contributed by atoms with Crippen molar-refractivity contribution in [2.24, 2.45) is 5.41 Å². The summed E-state index contributed by atoms with van der Waals surface area (Å²) in [5.74, 6) is 0.989. The fraction of sp³-hybridized carbons (Fsp3) is 0.545. The predicted octanol–water partition coefficient (Wildman–Crippen LogP) is 8.82. The number of phenolic OH excluding ortho intramolecular Hbond substituents is 1. The van der Waals surface area contributed by atoms with Crippen molar-refractivity contribution < 1.29 is 27.8 Å². The van der Waals surface area contributed by atoms with E-state index in [1.165, 1.54) is 30.3 Å². The zero-order valence-corrected chi connectivity index (χ0v) is 35.2. The molecule has 0 amide bonds. The summed E-state index contributed by atoms with van der Waals surface area (Å²) in [7, 11) is 1.43. The van der Waals surface area contributed by atoms with Crippen molar-refractivity contribution in [2.45, 2.75) is 103 Å². The van der Waals surface area contributed by atoms with Gasteiger partial charge in [0.1, 0.15) is 43.4 Å². The molecule has 0 aliphatic carbocycles. The number of likely N-dealkylation sites (tertiary alicyclic amines) is 1. The van der Waals surface area contributed by atoms with E-state index in [9.17, 15) is 5.11 Å². The Labute approximate surface area is 330 Å². The molecule has 4 atom stereocenters. The number of nitrogens with zero attached hydrogens (tertiary/aromatic N) is 4. The second-order valence-electron chi connectivity index (χ2n) is 17.7. The monoisotopic (exact) mass is 787 g/mol. The minimum atomic E-state index is -2.33. The van der Waals surface area contributed by atoms with Crippen molar-refractivity contribution in [3.63, 3.8) is 0 Å². The lowest BCUT2D eigenvalue weighted by atomic mass is 9.80. The molecule has 0 spiro atoms. The lowest BCUT2D eigenvalue weighted by Crippen LogP contribution is -2.52. The van der Waals surface area contributed by atoms with E-state index in [1.807, 2.05) is 0 Å². The van der Waals surface area contributed by atoms with Gasteiger partial charge in [0.15, 0.2) is 5.82 Å². The zero-order chi connectivity index (χ0) is 40.3. The van der Waals surface area contributed by atoms with Gasteiger partial charge in [-0.05, 0) is 72.6 Å². The molecule has 2 N–H and O–H groups in total.